The molecule has 0 aliphatic heterocycles. The number of hydrogen-bond acceptors (Lipinski definition) is 3. The predicted molar refractivity (Wildman–Crippen MR) is 79.8 cm³/mol. The number of carbonyl (C=O) groups excluding carboxylic acids is 1. The molecule has 0 radical (unpaired) electrons. The molecule has 2 saturated carbocycles. The normalized spacial score (nSPS) is 24.8. The van der Waals surface area contributed by atoms with Crippen LogP contribution in [0, 0.1) is 17.7 Å². The van der Waals surface area contributed by atoms with E-state index in [-0.39, 0.29) is 36.7 Å². The SMILES string of the molecule is O=C(NCC(O)COCC1CC1)C1CC1c1ccccc1F. The molecule has 1 amide bonds. The highest BCUT2D eigenvalue weighted by Gasteiger charge is 2.45. The number of rotatable bonds is 8. The largest absolute Gasteiger partial charge is 0.389 e. The van der Waals surface area contributed by atoms with Gasteiger partial charge < -0.3 is 15.2 Å². The van der Waals surface area contributed by atoms with Crippen LogP contribution >= 0.6 is 0 Å². The summed E-state index contributed by atoms with van der Waals surface area (Å²) in [7, 11) is 0. The van der Waals surface area contributed by atoms with Crippen molar-refractivity contribution in [2.75, 3.05) is 19.8 Å². The van der Waals surface area contributed by atoms with E-state index in [2.05, 4.69) is 5.32 Å². The highest BCUT2D eigenvalue weighted by Crippen LogP contribution is 2.48. The molecule has 2 aliphatic carbocycles. The van der Waals surface area contributed by atoms with Gasteiger partial charge in [0.25, 0.3) is 0 Å². The van der Waals surface area contributed by atoms with E-state index in [4.69, 9.17) is 4.74 Å². The standard InChI is InChI=1S/C17H22FNO3/c18-16-4-2-1-3-13(16)14-7-15(14)17(21)19-8-12(20)10-22-9-11-5-6-11/h1-4,11-12,14-15,20H,5-10H2,(H,19,21). The van der Waals surface area contributed by atoms with E-state index in [1.165, 1.54) is 18.9 Å². The number of amides is 1. The van der Waals surface area contributed by atoms with Crippen molar-refractivity contribution < 1.29 is 19.0 Å². The monoisotopic (exact) mass is 307 g/mol. The van der Waals surface area contributed by atoms with Gasteiger partial charge in [-0.3, -0.25) is 4.79 Å². The Bertz CT molecular complexity index is 532. The van der Waals surface area contributed by atoms with E-state index in [9.17, 15) is 14.3 Å². The Morgan fingerprint density at radius 2 is 2.18 bits per heavy atom. The molecule has 0 saturated heterocycles. The Hall–Kier alpha value is -1.46. The number of aliphatic hydroxyl groups is 1. The maximum Gasteiger partial charge on any atom is 0.223 e. The van der Waals surface area contributed by atoms with Crippen LogP contribution in [0.3, 0.4) is 0 Å². The highest BCUT2D eigenvalue weighted by molar-refractivity contribution is 5.82. The lowest BCUT2D eigenvalue weighted by molar-refractivity contribution is -0.123. The Labute approximate surface area is 129 Å². The van der Waals surface area contributed by atoms with Gasteiger partial charge >= 0.3 is 0 Å². The zero-order valence-electron chi connectivity index (χ0n) is 12.5. The molecule has 0 spiro atoms. The molecule has 3 unspecified atom stereocenters. The maximum absolute atomic E-state index is 13.7. The van der Waals surface area contributed by atoms with Crippen molar-refractivity contribution in [2.24, 2.45) is 11.8 Å². The van der Waals surface area contributed by atoms with E-state index in [1.54, 1.807) is 18.2 Å². The summed E-state index contributed by atoms with van der Waals surface area (Å²) >= 11 is 0. The highest BCUT2D eigenvalue weighted by atomic mass is 19.1. The van der Waals surface area contributed by atoms with Crippen LogP contribution in [-0.2, 0) is 9.53 Å². The van der Waals surface area contributed by atoms with Gasteiger partial charge in [-0.2, -0.15) is 0 Å². The molecule has 0 bridgehead atoms. The minimum Gasteiger partial charge on any atom is -0.389 e. The van der Waals surface area contributed by atoms with Crippen molar-refractivity contribution >= 4 is 5.91 Å². The first-order valence-corrected chi connectivity index (χ1v) is 7.93. The van der Waals surface area contributed by atoms with Crippen LogP contribution in [0.4, 0.5) is 4.39 Å². The molecule has 22 heavy (non-hydrogen) atoms. The van der Waals surface area contributed by atoms with Crippen LogP contribution < -0.4 is 5.32 Å². The fraction of sp³-hybridized carbons (Fsp3) is 0.588. The van der Waals surface area contributed by atoms with Gasteiger partial charge in [-0.1, -0.05) is 18.2 Å². The number of nitrogens with one attached hydrogen (secondary N) is 1. The molecule has 0 aromatic heterocycles. The summed E-state index contributed by atoms with van der Waals surface area (Å²) in [6.07, 6.45) is 2.41. The zero-order valence-corrected chi connectivity index (χ0v) is 12.5. The summed E-state index contributed by atoms with van der Waals surface area (Å²) in [5.41, 5.74) is 0.607. The summed E-state index contributed by atoms with van der Waals surface area (Å²) in [5, 5.41) is 12.5. The third kappa shape index (κ3) is 4.05. The van der Waals surface area contributed by atoms with Gasteiger partial charge in [0, 0.05) is 19.1 Å². The Kier molecular flexibility index (Phi) is 4.74. The van der Waals surface area contributed by atoms with Crippen molar-refractivity contribution in [3.8, 4) is 0 Å². The molecule has 0 heterocycles. The van der Waals surface area contributed by atoms with Gasteiger partial charge in [0.1, 0.15) is 5.82 Å². The average molecular weight is 307 g/mol. The smallest absolute Gasteiger partial charge is 0.223 e. The average Bonchev–Trinajstić information content (AvgIpc) is 3.39. The summed E-state index contributed by atoms with van der Waals surface area (Å²) in [6, 6.07) is 6.58. The summed E-state index contributed by atoms with van der Waals surface area (Å²) in [4.78, 5) is 12.0. The van der Waals surface area contributed by atoms with E-state index >= 15 is 0 Å². The first-order valence-electron chi connectivity index (χ1n) is 7.93. The van der Waals surface area contributed by atoms with Crippen LogP contribution in [0.2, 0.25) is 0 Å². The van der Waals surface area contributed by atoms with Gasteiger partial charge in [0.05, 0.1) is 12.7 Å². The second-order valence-electron chi connectivity index (χ2n) is 6.35. The number of hydrogen-bond donors (Lipinski definition) is 2. The lowest BCUT2D eigenvalue weighted by Crippen LogP contribution is -2.35. The molecule has 120 valence electrons. The number of ether oxygens (including phenoxy) is 1. The maximum atomic E-state index is 13.7. The molecule has 4 nitrogen and oxygen atoms in total. The third-order valence-electron chi connectivity index (χ3n) is 4.30. The molecule has 1 aromatic carbocycles. The quantitative estimate of drug-likeness (QED) is 0.770. The molecule has 2 N–H and O–H groups in total. The minimum atomic E-state index is -0.687. The fourth-order valence-corrected chi connectivity index (χ4v) is 2.67. The van der Waals surface area contributed by atoms with Crippen LogP contribution in [-0.4, -0.2) is 36.9 Å². The van der Waals surface area contributed by atoms with Gasteiger partial charge in [0.2, 0.25) is 5.91 Å². The van der Waals surface area contributed by atoms with Gasteiger partial charge in [0.15, 0.2) is 0 Å². The summed E-state index contributed by atoms with van der Waals surface area (Å²) in [5.74, 6) is 0.0709. The second kappa shape index (κ2) is 6.75. The number of aliphatic hydroxyl groups excluding tert-OH is 1. The summed E-state index contributed by atoms with van der Waals surface area (Å²) in [6.45, 7) is 1.13. The van der Waals surface area contributed by atoms with E-state index in [0.717, 1.165) is 0 Å². The van der Waals surface area contributed by atoms with Crippen molar-refractivity contribution in [3.05, 3.63) is 35.6 Å². The molecule has 5 heteroatoms. The summed E-state index contributed by atoms with van der Waals surface area (Å²) < 4.78 is 19.0. The van der Waals surface area contributed by atoms with Gasteiger partial charge in [-0.15, -0.1) is 0 Å². The zero-order chi connectivity index (χ0) is 15.5. The predicted octanol–water partition coefficient (Wildman–Crippen LogP) is 1.83. The Morgan fingerprint density at radius 3 is 2.91 bits per heavy atom. The van der Waals surface area contributed by atoms with E-state index in [1.807, 2.05) is 0 Å². The number of benzene rings is 1. The lowest BCUT2D eigenvalue weighted by atomic mass is 10.1. The number of carbonyl (C=O) groups is 1. The molecular weight excluding hydrogens is 285 g/mol. The van der Waals surface area contributed by atoms with E-state index < -0.39 is 6.10 Å². The molecule has 1 aromatic rings. The van der Waals surface area contributed by atoms with Crippen molar-refractivity contribution in [1.29, 1.82) is 0 Å². The van der Waals surface area contributed by atoms with Crippen molar-refractivity contribution in [1.82, 2.24) is 5.32 Å². The molecule has 3 atom stereocenters. The fourth-order valence-electron chi connectivity index (χ4n) is 2.67. The third-order valence-corrected chi connectivity index (χ3v) is 4.30. The van der Waals surface area contributed by atoms with Gasteiger partial charge in [-0.05, 0) is 42.7 Å². The Morgan fingerprint density at radius 1 is 1.41 bits per heavy atom. The van der Waals surface area contributed by atoms with Crippen LogP contribution in [0.5, 0.6) is 0 Å². The minimum absolute atomic E-state index is 0.0375. The molecule has 2 fully saturated rings. The van der Waals surface area contributed by atoms with Crippen molar-refractivity contribution in [2.45, 2.75) is 31.3 Å². The molecular formula is C17H22FNO3. The topological polar surface area (TPSA) is 58.6 Å². The van der Waals surface area contributed by atoms with Crippen LogP contribution in [0.15, 0.2) is 24.3 Å². The first kappa shape index (κ1) is 15.4. The van der Waals surface area contributed by atoms with Crippen LogP contribution in [0.25, 0.3) is 0 Å². The van der Waals surface area contributed by atoms with Crippen LogP contribution in [0.1, 0.15) is 30.7 Å². The first-order chi connectivity index (χ1) is 10.6. The van der Waals surface area contributed by atoms with Gasteiger partial charge in [-0.25, -0.2) is 4.39 Å². The van der Waals surface area contributed by atoms with Crippen molar-refractivity contribution in [3.63, 3.8) is 0 Å². The van der Waals surface area contributed by atoms with E-state index in [0.29, 0.717) is 24.5 Å². The number of halogens is 1. The Balaban J connectivity index is 1.37. The second-order valence-corrected chi connectivity index (χ2v) is 6.35. The molecule has 2 aliphatic rings. The molecule has 3 rings (SSSR count). The lowest BCUT2D eigenvalue weighted by Gasteiger charge is -2.12.